The third-order valence-corrected chi connectivity index (χ3v) is 2.48. The zero-order valence-corrected chi connectivity index (χ0v) is 9.50. The van der Waals surface area contributed by atoms with E-state index >= 15 is 0 Å². The van der Waals surface area contributed by atoms with Gasteiger partial charge in [-0.1, -0.05) is 0 Å². The van der Waals surface area contributed by atoms with Crippen LogP contribution in [0.5, 0.6) is 0 Å². The van der Waals surface area contributed by atoms with Crippen molar-refractivity contribution in [3.05, 3.63) is 16.1 Å². The van der Waals surface area contributed by atoms with Crippen LogP contribution < -0.4 is 5.32 Å². The first-order valence-corrected chi connectivity index (χ1v) is 5.38. The lowest BCUT2D eigenvalue weighted by atomic mass is 10.3. The molecule has 0 saturated heterocycles. The third-order valence-electron chi connectivity index (χ3n) is 1.71. The molecule has 1 amide bonds. The van der Waals surface area contributed by atoms with E-state index in [1.165, 1.54) is 18.4 Å². The van der Waals surface area contributed by atoms with E-state index in [9.17, 15) is 9.90 Å². The van der Waals surface area contributed by atoms with Gasteiger partial charge in [-0.25, -0.2) is 4.98 Å². The van der Waals surface area contributed by atoms with E-state index in [4.69, 9.17) is 4.74 Å². The SMILES string of the molecule is COCC(O)CNC(=O)c1csc(C)n1. The van der Waals surface area contributed by atoms with Gasteiger partial charge in [0.05, 0.1) is 17.7 Å². The van der Waals surface area contributed by atoms with E-state index in [2.05, 4.69) is 10.3 Å². The highest BCUT2D eigenvalue weighted by Crippen LogP contribution is 2.07. The Balaban J connectivity index is 2.36. The van der Waals surface area contributed by atoms with Crippen LogP contribution in [0.2, 0.25) is 0 Å². The number of methoxy groups -OCH3 is 1. The first-order chi connectivity index (χ1) is 7.13. The molecule has 0 spiro atoms. The maximum absolute atomic E-state index is 11.4. The number of thiazole rings is 1. The van der Waals surface area contributed by atoms with E-state index in [1.54, 1.807) is 5.38 Å². The molecule has 1 aromatic rings. The van der Waals surface area contributed by atoms with Crippen LogP contribution in [-0.2, 0) is 4.74 Å². The van der Waals surface area contributed by atoms with Crippen LogP contribution in [0.15, 0.2) is 5.38 Å². The smallest absolute Gasteiger partial charge is 0.270 e. The largest absolute Gasteiger partial charge is 0.389 e. The summed E-state index contributed by atoms with van der Waals surface area (Å²) in [5, 5.41) is 14.4. The molecule has 84 valence electrons. The number of nitrogens with one attached hydrogen (secondary N) is 1. The zero-order chi connectivity index (χ0) is 11.3. The Morgan fingerprint density at radius 1 is 1.80 bits per heavy atom. The minimum absolute atomic E-state index is 0.170. The van der Waals surface area contributed by atoms with Crippen molar-refractivity contribution in [3.63, 3.8) is 0 Å². The van der Waals surface area contributed by atoms with E-state index in [0.29, 0.717) is 5.69 Å². The minimum atomic E-state index is -0.682. The highest BCUT2D eigenvalue weighted by Gasteiger charge is 2.10. The number of aliphatic hydroxyl groups is 1. The minimum Gasteiger partial charge on any atom is -0.389 e. The summed E-state index contributed by atoms with van der Waals surface area (Å²) in [4.78, 5) is 15.5. The molecule has 1 heterocycles. The van der Waals surface area contributed by atoms with Crippen LogP contribution in [0.25, 0.3) is 0 Å². The van der Waals surface area contributed by atoms with Gasteiger partial charge in [0.15, 0.2) is 0 Å². The van der Waals surface area contributed by atoms with Crippen molar-refractivity contribution in [1.29, 1.82) is 0 Å². The molecule has 0 bridgehead atoms. The normalized spacial score (nSPS) is 12.5. The van der Waals surface area contributed by atoms with E-state index in [-0.39, 0.29) is 19.1 Å². The highest BCUT2D eigenvalue weighted by atomic mass is 32.1. The van der Waals surface area contributed by atoms with Crippen LogP contribution in [0.1, 0.15) is 15.5 Å². The Hall–Kier alpha value is -0.980. The Labute approximate surface area is 92.1 Å². The molecule has 0 aliphatic heterocycles. The van der Waals surface area contributed by atoms with Gasteiger partial charge in [-0.3, -0.25) is 4.79 Å². The summed E-state index contributed by atoms with van der Waals surface area (Å²) in [6.07, 6.45) is -0.682. The van der Waals surface area contributed by atoms with Gasteiger partial charge in [0, 0.05) is 19.0 Å². The number of ether oxygens (including phenoxy) is 1. The van der Waals surface area contributed by atoms with E-state index in [1.807, 2.05) is 6.92 Å². The van der Waals surface area contributed by atoms with Gasteiger partial charge in [-0.15, -0.1) is 11.3 Å². The summed E-state index contributed by atoms with van der Waals surface area (Å²) in [5.74, 6) is -0.269. The van der Waals surface area contributed by atoms with Crippen LogP contribution in [0.4, 0.5) is 0 Å². The number of rotatable bonds is 5. The number of carbonyl (C=O) groups excluding carboxylic acids is 1. The average Bonchev–Trinajstić information content (AvgIpc) is 2.62. The number of aryl methyl sites for hydroxylation is 1. The lowest BCUT2D eigenvalue weighted by molar-refractivity contribution is 0.0609. The number of amides is 1. The second kappa shape index (κ2) is 5.79. The van der Waals surface area contributed by atoms with Crippen LogP contribution in [0, 0.1) is 6.92 Å². The van der Waals surface area contributed by atoms with Crippen LogP contribution in [0.3, 0.4) is 0 Å². The fraction of sp³-hybridized carbons (Fsp3) is 0.556. The molecule has 0 fully saturated rings. The van der Waals surface area contributed by atoms with Gasteiger partial charge in [0.25, 0.3) is 5.91 Å². The van der Waals surface area contributed by atoms with Gasteiger partial charge >= 0.3 is 0 Å². The summed E-state index contributed by atoms with van der Waals surface area (Å²) >= 11 is 1.42. The maximum atomic E-state index is 11.4. The summed E-state index contributed by atoms with van der Waals surface area (Å²) in [7, 11) is 1.49. The molecule has 1 atom stereocenters. The van der Waals surface area contributed by atoms with Gasteiger partial charge < -0.3 is 15.2 Å². The Morgan fingerprint density at radius 2 is 2.53 bits per heavy atom. The van der Waals surface area contributed by atoms with Gasteiger partial charge in [-0.05, 0) is 6.92 Å². The highest BCUT2D eigenvalue weighted by molar-refractivity contribution is 7.09. The van der Waals surface area contributed by atoms with E-state index in [0.717, 1.165) is 5.01 Å². The van der Waals surface area contributed by atoms with Crippen molar-refractivity contribution in [2.75, 3.05) is 20.3 Å². The summed E-state index contributed by atoms with van der Waals surface area (Å²) in [6, 6.07) is 0. The second-order valence-electron chi connectivity index (χ2n) is 3.07. The summed E-state index contributed by atoms with van der Waals surface area (Å²) < 4.78 is 4.73. The Bertz CT molecular complexity index is 327. The van der Waals surface area contributed by atoms with Crippen LogP contribution in [-0.4, -0.2) is 42.4 Å². The van der Waals surface area contributed by atoms with Gasteiger partial charge in [-0.2, -0.15) is 0 Å². The number of nitrogens with zero attached hydrogens (tertiary/aromatic N) is 1. The van der Waals surface area contributed by atoms with Gasteiger partial charge in [0.2, 0.25) is 0 Å². The zero-order valence-electron chi connectivity index (χ0n) is 8.69. The number of hydrogen-bond donors (Lipinski definition) is 2. The quantitative estimate of drug-likeness (QED) is 0.757. The predicted octanol–water partition coefficient (Wildman–Crippen LogP) is 0.189. The third kappa shape index (κ3) is 3.94. The number of aromatic nitrogens is 1. The van der Waals surface area contributed by atoms with Crippen molar-refractivity contribution in [1.82, 2.24) is 10.3 Å². The van der Waals surface area contributed by atoms with Crippen molar-refractivity contribution in [2.24, 2.45) is 0 Å². The molecule has 6 heteroatoms. The molecular formula is C9H14N2O3S. The molecule has 2 N–H and O–H groups in total. The molecule has 1 unspecified atom stereocenters. The average molecular weight is 230 g/mol. The number of carbonyl (C=O) groups is 1. The molecular weight excluding hydrogens is 216 g/mol. The predicted molar refractivity (Wildman–Crippen MR) is 57.1 cm³/mol. The molecule has 0 radical (unpaired) electrons. The lowest BCUT2D eigenvalue weighted by Crippen LogP contribution is -2.34. The first kappa shape index (κ1) is 12.1. The molecule has 15 heavy (non-hydrogen) atoms. The first-order valence-electron chi connectivity index (χ1n) is 4.51. The van der Waals surface area contributed by atoms with Crippen molar-refractivity contribution >= 4 is 17.2 Å². The number of aliphatic hydroxyl groups excluding tert-OH is 1. The standard InChI is InChI=1S/C9H14N2O3S/c1-6-11-8(5-15-6)9(13)10-3-7(12)4-14-2/h5,7,12H,3-4H2,1-2H3,(H,10,13). The monoisotopic (exact) mass is 230 g/mol. The number of hydrogen-bond acceptors (Lipinski definition) is 5. The molecule has 0 aromatic carbocycles. The van der Waals surface area contributed by atoms with E-state index < -0.39 is 6.10 Å². The van der Waals surface area contributed by atoms with Crippen molar-refractivity contribution in [3.8, 4) is 0 Å². The Kier molecular flexibility index (Phi) is 4.67. The molecule has 1 aromatic heterocycles. The second-order valence-corrected chi connectivity index (χ2v) is 4.13. The molecule has 0 aliphatic rings. The Morgan fingerprint density at radius 3 is 3.07 bits per heavy atom. The topological polar surface area (TPSA) is 71.5 Å². The van der Waals surface area contributed by atoms with Gasteiger partial charge in [0.1, 0.15) is 5.69 Å². The lowest BCUT2D eigenvalue weighted by Gasteiger charge is -2.09. The molecule has 5 nitrogen and oxygen atoms in total. The van der Waals surface area contributed by atoms with Crippen LogP contribution >= 0.6 is 11.3 Å². The molecule has 0 saturated carbocycles. The molecule has 1 rings (SSSR count). The fourth-order valence-corrected chi connectivity index (χ4v) is 1.61. The maximum Gasteiger partial charge on any atom is 0.270 e. The van der Waals surface area contributed by atoms with Crippen molar-refractivity contribution in [2.45, 2.75) is 13.0 Å². The summed E-state index contributed by atoms with van der Waals surface area (Å²) in [5.41, 5.74) is 0.391. The van der Waals surface area contributed by atoms with Crippen molar-refractivity contribution < 1.29 is 14.6 Å². The molecule has 0 aliphatic carbocycles. The fourth-order valence-electron chi connectivity index (χ4n) is 1.02. The summed E-state index contributed by atoms with van der Waals surface area (Å²) in [6.45, 7) is 2.21.